The van der Waals surface area contributed by atoms with Crippen LogP contribution in [0, 0.1) is 6.92 Å². The zero-order valence-corrected chi connectivity index (χ0v) is 15.1. The highest BCUT2D eigenvalue weighted by Gasteiger charge is 2.13. The van der Waals surface area contributed by atoms with Gasteiger partial charge in [-0.3, -0.25) is 4.98 Å². The fraction of sp³-hybridized carbons (Fsp3) is 0.0952. The smallest absolute Gasteiger partial charge is 0.266 e. The largest absolute Gasteiger partial charge is 0.415 e. The Balaban J connectivity index is 1.39. The molecule has 0 bridgehead atoms. The number of hydrogen-bond donors (Lipinski definition) is 0. The van der Waals surface area contributed by atoms with E-state index in [0.29, 0.717) is 24.0 Å². The fourth-order valence-corrected chi connectivity index (χ4v) is 3.10. The van der Waals surface area contributed by atoms with Gasteiger partial charge >= 0.3 is 0 Å². The molecule has 0 unspecified atom stereocenters. The van der Waals surface area contributed by atoms with E-state index >= 15 is 0 Å². The van der Waals surface area contributed by atoms with Crippen LogP contribution in [-0.2, 0) is 6.54 Å². The minimum absolute atomic E-state index is 0.422. The lowest BCUT2D eigenvalue weighted by Gasteiger charge is -2.03. The average Bonchev–Trinajstić information content (AvgIpc) is 3.37. The molecule has 136 valence electrons. The number of para-hydroxylation sites is 1. The van der Waals surface area contributed by atoms with Crippen molar-refractivity contribution in [1.82, 2.24) is 30.2 Å². The molecule has 2 aromatic carbocycles. The molecule has 7 heteroatoms. The van der Waals surface area contributed by atoms with Crippen LogP contribution in [0.3, 0.4) is 0 Å². The van der Waals surface area contributed by atoms with Gasteiger partial charge in [-0.2, -0.15) is 0 Å². The van der Waals surface area contributed by atoms with Crippen LogP contribution < -0.4 is 0 Å². The maximum absolute atomic E-state index is 5.83. The normalized spacial score (nSPS) is 11.2. The summed E-state index contributed by atoms with van der Waals surface area (Å²) in [5.74, 6) is 0.893. The Labute approximate surface area is 160 Å². The summed E-state index contributed by atoms with van der Waals surface area (Å²) in [6.07, 6.45) is 1.72. The topological polar surface area (TPSA) is 82.5 Å². The van der Waals surface area contributed by atoms with E-state index in [1.54, 1.807) is 6.20 Å². The molecule has 0 aliphatic carbocycles. The molecule has 5 aromatic rings. The summed E-state index contributed by atoms with van der Waals surface area (Å²) in [6.45, 7) is 2.61. The molecule has 0 fully saturated rings. The molecule has 0 radical (unpaired) electrons. The van der Waals surface area contributed by atoms with E-state index in [4.69, 9.17) is 4.42 Å². The van der Waals surface area contributed by atoms with E-state index in [1.807, 2.05) is 72.3 Å². The van der Waals surface area contributed by atoms with Gasteiger partial charge < -0.3 is 4.42 Å². The van der Waals surface area contributed by atoms with Gasteiger partial charge in [0.05, 0.1) is 12.1 Å². The van der Waals surface area contributed by atoms with Crippen LogP contribution in [0.25, 0.3) is 34.1 Å². The Morgan fingerprint density at radius 3 is 2.54 bits per heavy atom. The van der Waals surface area contributed by atoms with E-state index in [2.05, 4.69) is 25.5 Å². The molecule has 0 N–H and O–H groups in total. The van der Waals surface area contributed by atoms with Crippen molar-refractivity contribution in [2.75, 3.05) is 0 Å². The van der Waals surface area contributed by atoms with Gasteiger partial charge in [0.25, 0.3) is 5.89 Å². The highest BCUT2D eigenvalue weighted by atomic mass is 16.4. The van der Waals surface area contributed by atoms with Crippen molar-refractivity contribution < 1.29 is 4.42 Å². The second-order valence-corrected chi connectivity index (χ2v) is 6.51. The summed E-state index contributed by atoms with van der Waals surface area (Å²) in [6, 6.07) is 19.8. The summed E-state index contributed by atoms with van der Waals surface area (Å²) >= 11 is 0. The summed E-state index contributed by atoms with van der Waals surface area (Å²) in [7, 11) is 0. The minimum Gasteiger partial charge on any atom is -0.415 e. The zero-order chi connectivity index (χ0) is 18.9. The number of fused-ring (bicyclic) bond motifs is 1. The van der Waals surface area contributed by atoms with E-state index in [9.17, 15) is 0 Å². The van der Waals surface area contributed by atoms with Gasteiger partial charge in [0.15, 0.2) is 0 Å². The maximum Gasteiger partial charge on any atom is 0.266 e. The number of aromatic nitrogens is 6. The lowest BCUT2D eigenvalue weighted by molar-refractivity contribution is 0.581. The van der Waals surface area contributed by atoms with E-state index in [0.717, 1.165) is 27.7 Å². The number of rotatable bonds is 4. The number of pyridine rings is 1. The fourth-order valence-electron chi connectivity index (χ4n) is 3.10. The number of aryl methyl sites for hydroxylation is 1. The van der Waals surface area contributed by atoms with Crippen molar-refractivity contribution in [3.05, 3.63) is 78.0 Å². The van der Waals surface area contributed by atoms with Gasteiger partial charge in [-0.25, -0.2) is 4.68 Å². The van der Waals surface area contributed by atoms with Crippen molar-refractivity contribution >= 4 is 11.0 Å². The van der Waals surface area contributed by atoms with Crippen LogP contribution in [0.15, 0.2) is 71.3 Å². The van der Waals surface area contributed by atoms with Gasteiger partial charge in [0, 0.05) is 11.8 Å². The summed E-state index contributed by atoms with van der Waals surface area (Å²) in [4.78, 5) is 4.32. The molecule has 5 rings (SSSR count). The quantitative estimate of drug-likeness (QED) is 0.478. The SMILES string of the molecule is Cc1cccnc1-c1nnc(-c2ccc(Cn3nnc4ccccc43)cc2)o1. The molecular weight excluding hydrogens is 352 g/mol. The van der Waals surface area contributed by atoms with Crippen LogP contribution in [0.5, 0.6) is 0 Å². The van der Waals surface area contributed by atoms with Crippen LogP contribution in [0.1, 0.15) is 11.1 Å². The second kappa shape index (κ2) is 6.70. The third-order valence-electron chi connectivity index (χ3n) is 4.59. The van der Waals surface area contributed by atoms with E-state index in [1.165, 1.54) is 0 Å². The summed E-state index contributed by atoms with van der Waals surface area (Å²) in [5, 5.41) is 16.7. The Morgan fingerprint density at radius 1 is 0.857 bits per heavy atom. The molecule has 7 nitrogen and oxygen atoms in total. The first kappa shape index (κ1) is 16.3. The standard InChI is InChI=1S/C21H16N6O/c1-14-5-4-12-22-19(14)21-25-24-20(28-21)16-10-8-15(9-11-16)13-27-18-7-3-2-6-17(18)23-26-27/h2-12H,13H2,1H3. The van der Waals surface area contributed by atoms with Crippen molar-refractivity contribution in [3.63, 3.8) is 0 Å². The Kier molecular flexibility index (Phi) is 3.90. The van der Waals surface area contributed by atoms with Crippen LogP contribution in [-0.4, -0.2) is 30.2 Å². The van der Waals surface area contributed by atoms with Gasteiger partial charge in [-0.1, -0.05) is 35.5 Å². The van der Waals surface area contributed by atoms with Crippen LogP contribution >= 0.6 is 0 Å². The molecule has 0 aliphatic rings. The van der Waals surface area contributed by atoms with Crippen LogP contribution in [0.2, 0.25) is 0 Å². The van der Waals surface area contributed by atoms with Gasteiger partial charge in [-0.15, -0.1) is 15.3 Å². The maximum atomic E-state index is 5.83. The molecule has 0 aliphatic heterocycles. The number of hydrogen-bond acceptors (Lipinski definition) is 6. The highest BCUT2D eigenvalue weighted by molar-refractivity contribution is 5.73. The third kappa shape index (κ3) is 2.92. The van der Waals surface area contributed by atoms with Gasteiger partial charge in [0.2, 0.25) is 5.89 Å². The minimum atomic E-state index is 0.422. The van der Waals surface area contributed by atoms with E-state index < -0.39 is 0 Å². The lowest BCUT2D eigenvalue weighted by atomic mass is 10.1. The molecule has 0 amide bonds. The summed E-state index contributed by atoms with van der Waals surface area (Å²) in [5.41, 5.74) is 5.57. The van der Waals surface area contributed by atoms with Crippen molar-refractivity contribution in [3.8, 4) is 23.0 Å². The van der Waals surface area contributed by atoms with Crippen molar-refractivity contribution in [2.24, 2.45) is 0 Å². The number of benzene rings is 2. The Bertz CT molecular complexity index is 1260. The van der Waals surface area contributed by atoms with Crippen molar-refractivity contribution in [1.29, 1.82) is 0 Å². The first-order chi connectivity index (χ1) is 13.8. The molecule has 0 spiro atoms. The highest BCUT2D eigenvalue weighted by Crippen LogP contribution is 2.25. The molecular formula is C21H16N6O. The lowest BCUT2D eigenvalue weighted by Crippen LogP contribution is -2.01. The second-order valence-electron chi connectivity index (χ2n) is 6.51. The van der Waals surface area contributed by atoms with E-state index in [-0.39, 0.29) is 0 Å². The van der Waals surface area contributed by atoms with Crippen molar-refractivity contribution in [2.45, 2.75) is 13.5 Å². The zero-order valence-electron chi connectivity index (χ0n) is 15.1. The van der Waals surface area contributed by atoms with Gasteiger partial charge in [-0.05, 0) is 48.4 Å². The number of nitrogens with zero attached hydrogens (tertiary/aromatic N) is 6. The predicted molar refractivity (Wildman–Crippen MR) is 104 cm³/mol. The average molecular weight is 368 g/mol. The summed E-state index contributed by atoms with van der Waals surface area (Å²) < 4.78 is 7.72. The molecule has 0 saturated carbocycles. The monoisotopic (exact) mass is 368 g/mol. The van der Waals surface area contributed by atoms with Crippen LogP contribution in [0.4, 0.5) is 0 Å². The Hall–Kier alpha value is -3.87. The first-order valence-electron chi connectivity index (χ1n) is 8.91. The third-order valence-corrected chi connectivity index (χ3v) is 4.59. The molecule has 0 atom stereocenters. The molecule has 3 heterocycles. The molecule has 28 heavy (non-hydrogen) atoms. The Morgan fingerprint density at radius 2 is 1.68 bits per heavy atom. The molecule has 0 saturated heterocycles. The molecule has 3 aromatic heterocycles. The first-order valence-corrected chi connectivity index (χ1v) is 8.91. The predicted octanol–water partition coefficient (Wildman–Crippen LogP) is 3.90. The van der Waals surface area contributed by atoms with Gasteiger partial charge in [0.1, 0.15) is 11.2 Å².